The summed E-state index contributed by atoms with van der Waals surface area (Å²) >= 11 is 0. The minimum Gasteiger partial charge on any atom is -0.387 e. The van der Waals surface area contributed by atoms with Gasteiger partial charge in [-0.05, 0) is 46.7 Å². The van der Waals surface area contributed by atoms with E-state index in [4.69, 9.17) is 0 Å². The predicted octanol–water partition coefficient (Wildman–Crippen LogP) is 1.08. The summed E-state index contributed by atoms with van der Waals surface area (Å²) in [5, 5.41) is 13.6. The Morgan fingerprint density at radius 3 is 2.79 bits per heavy atom. The predicted molar refractivity (Wildman–Crippen MR) is 76.3 cm³/mol. The Kier molecular flexibility index (Phi) is 4.37. The van der Waals surface area contributed by atoms with Crippen LogP contribution in [-0.4, -0.2) is 52.8 Å². The van der Waals surface area contributed by atoms with Crippen molar-refractivity contribution in [2.75, 3.05) is 32.5 Å². The number of rotatable bonds is 5. The van der Waals surface area contributed by atoms with Gasteiger partial charge in [0.1, 0.15) is 12.1 Å². The first-order valence-electron chi connectivity index (χ1n) is 6.92. The van der Waals surface area contributed by atoms with E-state index in [-0.39, 0.29) is 0 Å². The third-order valence-corrected chi connectivity index (χ3v) is 3.42. The van der Waals surface area contributed by atoms with Crippen LogP contribution >= 0.6 is 0 Å². The Balaban J connectivity index is 2.04. The van der Waals surface area contributed by atoms with Crippen molar-refractivity contribution in [2.45, 2.75) is 38.2 Å². The first-order chi connectivity index (χ1) is 8.98. The minimum atomic E-state index is -0.768. The zero-order chi connectivity index (χ0) is 13.9. The van der Waals surface area contributed by atoms with E-state index in [1.54, 1.807) is 6.33 Å². The summed E-state index contributed by atoms with van der Waals surface area (Å²) < 4.78 is 0. The Bertz CT molecular complexity index is 431. The van der Waals surface area contributed by atoms with Gasteiger partial charge in [0.25, 0.3) is 0 Å². The fourth-order valence-corrected chi connectivity index (χ4v) is 2.68. The van der Waals surface area contributed by atoms with Gasteiger partial charge in [-0.25, -0.2) is 9.97 Å². The highest BCUT2D eigenvalue weighted by atomic mass is 16.3. The number of anilines is 1. The molecule has 19 heavy (non-hydrogen) atoms. The molecule has 1 aromatic heterocycles. The molecule has 1 aromatic rings. The standard InChI is InChI=1S/C14H24N4O/c1-14(19,9-18(2)3)8-15-13-11-6-4-5-7-12(11)16-10-17-13/h10,19H,4-9H2,1-3H3,(H,15,16,17). The van der Waals surface area contributed by atoms with E-state index in [2.05, 4.69) is 15.3 Å². The summed E-state index contributed by atoms with van der Waals surface area (Å²) in [5.41, 5.74) is 1.63. The molecule has 106 valence electrons. The van der Waals surface area contributed by atoms with Crippen LogP contribution in [0.1, 0.15) is 31.0 Å². The smallest absolute Gasteiger partial charge is 0.132 e. The van der Waals surface area contributed by atoms with Gasteiger partial charge in [0, 0.05) is 24.3 Å². The summed E-state index contributed by atoms with van der Waals surface area (Å²) in [6, 6.07) is 0. The van der Waals surface area contributed by atoms with Gasteiger partial charge in [-0.15, -0.1) is 0 Å². The molecule has 0 aliphatic heterocycles. The molecule has 2 rings (SSSR count). The second-order valence-electron chi connectivity index (χ2n) is 5.94. The van der Waals surface area contributed by atoms with E-state index in [0.717, 1.165) is 24.4 Å². The van der Waals surface area contributed by atoms with Gasteiger partial charge in [-0.2, -0.15) is 0 Å². The Labute approximate surface area is 115 Å². The molecule has 0 spiro atoms. The van der Waals surface area contributed by atoms with E-state index >= 15 is 0 Å². The lowest BCUT2D eigenvalue weighted by Crippen LogP contribution is -2.43. The number of aromatic nitrogens is 2. The quantitative estimate of drug-likeness (QED) is 0.833. The summed E-state index contributed by atoms with van der Waals surface area (Å²) in [6.45, 7) is 2.95. The first kappa shape index (κ1) is 14.2. The van der Waals surface area contributed by atoms with Crippen molar-refractivity contribution >= 4 is 5.82 Å². The van der Waals surface area contributed by atoms with E-state index in [0.29, 0.717) is 13.1 Å². The molecular formula is C14H24N4O. The maximum Gasteiger partial charge on any atom is 0.132 e. The average molecular weight is 264 g/mol. The zero-order valence-electron chi connectivity index (χ0n) is 12.1. The van der Waals surface area contributed by atoms with Crippen LogP contribution in [0.2, 0.25) is 0 Å². The van der Waals surface area contributed by atoms with Crippen LogP contribution in [0, 0.1) is 0 Å². The molecule has 1 heterocycles. The number of aliphatic hydroxyl groups is 1. The number of hydrogen-bond donors (Lipinski definition) is 2. The first-order valence-corrected chi connectivity index (χ1v) is 6.92. The maximum atomic E-state index is 10.3. The van der Waals surface area contributed by atoms with Crippen molar-refractivity contribution in [3.63, 3.8) is 0 Å². The normalized spacial score (nSPS) is 17.9. The molecule has 0 fully saturated rings. The second kappa shape index (κ2) is 5.84. The third kappa shape index (κ3) is 3.88. The van der Waals surface area contributed by atoms with Gasteiger partial charge in [-0.3, -0.25) is 0 Å². The molecule has 0 saturated carbocycles. The highest BCUT2D eigenvalue weighted by Gasteiger charge is 2.22. The van der Waals surface area contributed by atoms with Crippen molar-refractivity contribution in [1.29, 1.82) is 0 Å². The lowest BCUT2D eigenvalue weighted by Gasteiger charge is -2.28. The van der Waals surface area contributed by atoms with E-state index in [1.165, 1.54) is 18.4 Å². The molecule has 0 bridgehead atoms. The SMILES string of the molecule is CN(C)CC(C)(O)CNc1ncnc2c1CCCC2. The number of nitrogens with zero attached hydrogens (tertiary/aromatic N) is 3. The van der Waals surface area contributed by atoms with E-state index < -0.39 is 5.60 Å². The lowest BCUT2D eigenvalue weighted by atomic mass is 9.96. The van der Waals surface area contributed by atoms with Crippen molar-refractivity contribution in [1.82, 2.24) is 14.9 Å². The second-order valence-corrected chi connectivity index (χ2v) is 5.94. The Hall–Kier alpha value is -1.20. The largest absolute Gasteiger partial charge is 0.387 e. The van der Waals surface area contributed by atoms with Crippen LogP contribution in [-0.2, 0) is 12.8 Å². The summed E-state index contributed by atoms with van der Waals surface area (Å²) in [6.07, 6.45) is 6.10. The van der Waals surface area contributed by atoms with Crippen molar-refractivity contribution < 1.29 is 5.11 Å². The third-order valence-electron chi connectivity index (χ3n) is 3.42. The fraction of sp³-hybridized carbons (Fsp3) is 0.714. The number of likely N-dealkylation sites (N-methyl/N-ethyl adjacent to an activating group) is 1. The number of fused-ring (bicyclic) bond motifs is 1. The van der Waals surface area contributed by atoms with Crippen LogP contribution < -0.4 is 5.32 Å². The number of nitrogens with one attached hydrogen (secondary N) is 1. The van der Waals surface area contributed by atoms with Gasteiger partial charge in [0.15, 0.2) is 0 Å². The van der Waals surface area contributed by atoms with Crippen LogP contribution in [0.4, 0.5) is 5.82 Å². The van der Waals surface area contributed by atoms with Gasteiger partial charge < -0.3 is 15.3 Å². The molecule has 2 N–H and O–H groups in total. The minimum absolute atomic E-state index is 0.495. The molecule has 5 nitrogen and oxygen atoms in total. The summed E-state index contributed by atoms with van der Waals surface area (Å²) in [5.74, 6) is 0.892. The molecule has 0 radical (unpaired) electrons. The van der Waals surface area contributed by atoms with Gasteiger partial charge >= 0.3 is 0 Å². The molecule has 1 atom stereocenters. The Morgan fingerprint density at radius 2 is 2.05 bits per heavy atom. The molecule has 5 heteroatoms. The average Bonchev–Trinajstić information content (AvgIpc) is 2.35. The molecule has 1 unspecified atom stereocenters. The lowest BCUT2D eigenvalue weighted by molar-refractivity contribution is 0.0459. The highest BCUT2D eigenvalue weighted by Crippen LogP contribution is 2.24. The molecule has 0 amide bonds. The molecular weight excluding hydrogens is 240 g/mol. The Morgan fingerprint density at radius 1 is 1.32 bits per heavy atom. The van der Waals surface area contributed by atoms with Crippen LogP contribution in [0.5, 0.6) is 0 Å². The molecule has 0 saturated heterocycles. The number of aryl methyl sites for hydroxylation is 1. The van der Waals surface area contributed by atoms with Gasteiger partial charge in [0.05, 0.1) is 5.60 Å². The summed E-state index contributed by atoms with van der Waals surface area (Å²) in [4.78, 5) is 10.7. The van der Waals surface area contributed by atoms with Gasteiger partial charge in [0.2, 0.25) is 0 Å². The van der Waals surface area contributed by atoms with E-state index in [9.17, 15) is 5.11 Å². The number of hydrogen-bond acceptors (Lipinski definition) is 5. The van der Waals surface area contributed by atoms with Gasteiger partial charge in [-0.1, -0.05) is 0 Å². The monoisotopic (exact) mass is 264 g/mol. The maximum absolute atomic E-state index is 10.3. The van der Waals surface area contributed by atoms with Crippen molar-refractivity contribution in [3.05, 3.63) is 17.6 Å². The molecule has 1 aliphatic carbocycles. The van der Waals surface area contributed by atoms with Crippen LogP contribution in [0.3, 0.4) is 0 Å². The van der Waals surface area contributed by atoms with Crippen molar-refractivity contribution in [2.24, 2.45) is 0 Å². The highest BCUT2D eigenvalue weighted by molar-refractivity contribution is 5.47. The van der Waals surface area contributed by atoms with Crippen LogP contribution in [0.15, 0.2) is 6.33 Å². The summed E-state index contributed by atoms with van der Waals surface area (Å²) in [7, 11) is 3.92. The fourth-order valence-electron chi connectivity index (χ4n) is 2.68. The van der Waals surface area contributed by atoms with Crippen molar-refractivity contribution in [3.8, 4) is 0 Å². The molecule has 0 aromatic carbocycles. The van der Waals surface area contributed by atoms with Crippen LogP contribution in [0.25, 0.3) is 0 Å². The molecule has 1 aliphatic rings. The van der Waals surface area contributed by atoms with E-state index in [1.807, 2.05) is 25.9 Å². The topological polar surface area (TPSA) is 61.3 Å². The zero-order valence-corrected chi connectivity index (χ0v) is 12.1.